The highest BCUT2D eigenvalue weighted by Crippen LogP contribution is 2.22. The normalized spacial score (nSPS) is 11.5. The molecule has 0 saturated carbocycles. The summed E-state index contributed by atoms with van der Waals surface area (Å²) in [6.45, 7) is 8.26. The van der Waals surface area contributed by atoms with E-state index in [1.165, 1.54) is 0 Å². The molecular weight excluding hydrogens is 445 g/mol. The highest BCUT2D eigenvalue weighted by molar-refractivity contribution is 14.0. The predicted molar refractivity (Wildman–Crippen MR) is 113 cm³/mol. The second kappa shape index (κ2) is 11.1. The molecule has 0 saturated heterocycles. The summed E-state index contributed by atoms with van der Waals surface area (Å²) in [5.41, 5.74) is 1.02. The monoisotopic (exact) mass is 475 g/mol. The average molecular weight is 475 g/mol. The van der Waals surface area contributed by atoms with Gasteiger partial charge in [-0.25, -0.2) is 9.98 Å². The van der Waals surface area contributed by atoms with E-state index in [1.807, 2.05) is 32.0 Å². The number of rotatable bonds is 8. The number of hydrogen-bond acceptors (Lipinski definition) is 5. The number of hydrogen-bond donors (Lipinski definition) is 1. The Hall–Kier alpha value is -1.65. The maximum Gasteiger partial charge on any atom is 0.194 e. The van der Waals surface area contributed by atoms with E-state index in [0.717, 1.165) is 42.6 Å². The number of nitrogens with zero attached hydrogens (tertiary/aromatic N) is 6. The molecule has 9 heteroatoms. The van der Waals surface area contributed by atoms with Crippen LogP contribution >= 0.6 is 24.0 Å². The van der Waals surface area contributed by atoms with Crippen LogP contribution in [0, 0.1) is 0 Å². The summed E-state index contributed by atoms with van der Waals surface area (Å²) >= 11 is 0. The summed E-state index contributed by atoms with van der Waals surface area (Å²) in [6, 6.07) is 2.02. The van der Waals surface area contributed by atoms with Crippen LogP contribution in [0.15, 0.2) is 21.9 Å². The third-order valence-electron chi connectivity index (χ3n) is 4.25. The highest BCUT2D eigenvalue weighted by Gasteiger charge is 2.14. The number of nitrogens with one attached hydrogen (secondary N) is 1. The molecule has 2 aromatic heterocycles. The molecule has 0 aliphatic heterocycles. The van der Waals surface area contributed by atoms with E-state index in [4.69, 9.17) is 4.52 Å². The second-order valence-electron chi connectivity index (χ2n) is 6.06. The summed E-state index contributed by atoms with van der Waals surface area (Å²) in [6.07, 6.45) is 3.69. The van der Waals surface area contributed by atoms with Gasteiger partial charge in [0.15, 0.2) is 11.7 Å². The summed E-state index contributed by atoms with van der Waals surface area (Å²) in [5.74, 6) is 2.91. The molecule has 0 fully saturated rings. The molecule has 0 unspecified atom stereocenters. The summed E-state index contributed by atoms with van der Waals surface area (Å²) in [5, 5.41) is 11.6. The van der Waals surface area contributed by atoms with Gasteiger partial charge in [0.2, 0.25) is 0 Å². The standard InChI is InChI=1S/C17H29N7O.HI/c1-6-13(7-2)15-9-14(25-22-15)10-19-17(18-8-3)23(4)11-16-20-12-21-24(16)5;/h9,12-13H,6-8,10-11H2,1-5H3,(H,18,19);1H. The zero-order valence-electron chi connectivity index (χ0n) is 16.3. The van der Waals surface area contributed by atoms with Crippen molar-refractivity contribution in [1.29, 1.82) is 0 Å². The smallest absolute Gasteiger partial charge is 0.194 e. The third kappa shape index (κ3) is 5.96. The van der Waals surface area contributed by atoms with Gasteiger partial charge in [0.25, 0.3) is 0 Å². The van der Waals surface area contributed by atoms with E-state index in [2.05, 4.69) is 39.4 Å². The van der Waals surface area contributed by atoms with Crippen molar-refractivity contribution >= 4 is 29.9 Å². The highest BCUT2D eigenvalue weighted by atomic mass is 127. The second-order valence-corrected chi connectivity index (χ2v) is 6.06. The zero-order chi connectivity index (χ0) is 18.2. The quantitative estimate of drug-likeness (QED) is 0.359. The van der Waals surface area contributed by atoms with Gasteiger partial charge in [0.1, 0.15) is 18.7 Å². The van der Waals surface area contributed by atoms with Crippen molar-refractivity contribution in [3.05, 3.63) is 29.7 Å². The maximum atomic E-state index is 5.45. The van der Waals surface area contributed by atoms with Crippen molar-refractivity contribution in [1.82, 2.24) is 30.1 Å². The summed E-state index contributed by atoms with van der Waals surface area (Å²) in [7, 11) is 3.86. The molecule has 0 spiro atoms. The van der Waals surface area contributed by atoms with E-state index >= 15 is 0 Å². The first-order valence-electron chi connectivity index (χ1n) is 8.86. The number of aryl methyl sites for hydroxylation is 1. The van der Waals surface area contributed by atoms with Crippen LogP contribution in [-0.4, -0.2) is 44.4 Å². The van der Waals surface area contributed by atoms with Gasteiger partial charge < -0.3 is 14.7 Å². The topological polar surface area (TPSA) is 84.4 Å². The van der Waals surface area contributed by atoms with Gasteiger partial charge in [-0.05, 0) is 19.8 Å². The Kier molecular flexibility index (Phi) is 9.60. The minimum absolute atomic E-state index is 0. The number of guanidine groups is 1. The van der Waals surface area contributed by atoms with E-state index in [0.29, 0.717) is 19.0 Å². The fraction of sp³-hybridized carbons (Fsp3) is 0.647. The molecule has 0 radical (unpaired) electrons. The van der Waals surface area contributed by atoms with Crippen molar-refractivity contribution < 1.29 is 4.52 Å². The Morgan fingerprint density at radius 3 is 2.65 bits per heavy atom. The molecule has 0 bridgehead atoms. The van der Waals surface area contributed by atoms with Gasteiger partial charge >= 0.3 is 0 Å². The lowest BCUT2D eigenvalue weighted by atomic mass is 9.99. The number of halogens is 1. The van der Waals surface area contributed by atoms with Crippen LogP contribution in [0.1, 0.15) is 56.8 Å². The first-order chi connectivity index (χ1) is 12.1. The van der Waals surface area contributed by atoms with Crippen molar-refractivity contribution in [3.8, 4) is 0 Å². The molecule has 2 heterocycles. The predicted octanol–water partition coefficient (Wildman–Crippen LogP) is 2.92. The molecule has 0 aromatic carbocycles. The Bertz CT molecular complexity index is 678. The van der Waals surface area contributed by atoms with Crippen molar-refractivity contribution in [3.63, 3.8) is 0 Å². The minimum atomic E-state index is 0. The van der Waals surface area contributed by atoms with Gasteiger partial charge in [0, 0.05) is 32.6 Å². The SMILES string of the molecule is CCNC(=NCc1cc(C(CC)CC)no1)N(C)Cc1ncnn1C.I. The van der Waals surface area contributed by atoms with E-state index < -0.39 is 0 Å². The summed E-state index contributed by atoms with van der Waals surface area (Å²) < 4.78 is 7.22. The Balaban J connectivity index is 0.00000338. The van der Waals surface area contributed by atoms with Crippen LogP contribution < -0.4 is 5.32 Å². The zero-order valence-corrected chi connectivity index (χ0v) is 18.6. The lowest BCUT2D eigenvalue weighted by molar-refractivity contribution is 0.371. The van der Waals surface area contributed by atoms with Crippen LogP contribution in [-0.2, 0) is 20.1 Å². The maximum absolute atomic E-state index is 5.45. The number of aromatic nitrogens is 4. The minimum Gasteiger partial charge on any atom is -0.359 e. The molecule has 1 N–H and O–H groups in total. The van der Waals surface area contributed by atoms with Crippen molar-refractivity contribution in [2.75, 3.05) is 13.6 Å². The molecule has 2 rings (SSSR count). The van der Waals surface area contributed by atoms with Gasteiger partial charge in [-0.3, -0.25) is 4.68 Å². The first-order valence-corrected chi connectivity index (χ1v) is 8.86. The molecule has 0 aliphatic rings. The van der Waals surface area contributed by atoms with Crippen LogP contribution in [0.2, 0.25) is 0 Å². The molecular formula is C17H30IN7O. The van der Waals surface area contributed by atoms with Crippen LogP contribution in [0.4, 0.5) is 0 Å². The lowest BCUT2D eigenvalue weighted by Crippen LogP contribution is -2.39. The van der Waals surface area contributed by atoms with Crippen molar-refractivity contribution in [2.24, 2.45) is 12.0 Å². The van der Waals surface area contributed by atoms with Crippen LogP contribution in [0.25, 0.3) is 0 Å². The van der Waals surface area contributed by atoms with E-state index in [9.17, 15) is 0 Å². The molecule has 0 aliphatic carbocycles. The molecule has 0 atom stereocenters. The molecule has 2 aromatic rings. The van der Waals surface area contributed by atoms with Crippen LogP contribution in [0.5, 0.6) is 0 Å². The Labute approximate surface area is 172 Å². The lowest BCUT2D eigenvalue weighted by Gasteiger charge is -2.21. The summed E-state index contributed by atoms with van der Waals surface area (Å²) in [4.78, 5) is 10.9. The third-order valence-corrected chi connectivity index (χ3v) is 4.25. The first kappa shape index (κ1) is 22.4. The Morgan fingerprint density at radius 1 is 1.35 bits per heavy atom. The van der Waals surface area contributed by atoms with E-state index in [-0.39, 0.29) is 24.0 Å². The fourth-order valence-corrected chi connectivity index (χ4v) is 2.68. The molecule has 0 amide bonds. The average Bonchev–Trinajstić information content (AvgIpc) is 3.22. The Morgan fingerprint density at radius 2 is 2.08 bits per heavy atom. The van der Waals surface area contributed by atoms with Crippen molar-refractivity contribution in [2.45, 2.75) is 52.6 Å². The molecule has 8 nitrogen and oxygen atoms in total. The van der Waals surface area contributed by atoms with E-state index in [1.54, 1.807) is 11.0 Å². The van der Waals surface area contributed by atoms with Gasteiger partial charge in [-0.1, -0.05) is 19.0 Å². The van der Waals surface area contributed by atoms with Crippen LogP contribution in [0.3, 0.4) is 0 Å². The van der Waals surface area contributed by atoms with Gasteiger partial charge in [-0.15, -0.1) is 24.0 Å². The number of aliphatic imine (C=N–C) groups is 1. The van der Waals surface area contributed by atoms with Gasteiger partial charge in [0.05, 0.1) is 12.2 Å². The van der Waals surface area contributed by atoms with Gasteiger partial charge in [-0.2, -0.15) is 5.10 Å². The molecule has 146 valence electrons. The largest absolute Gasteiger partial charge is 0.359 e. The fourth-order valence-electron chi connectivity index (χ4n) is 2.68. The molecule has 26 heavy (non-hydrogen) atoms.